The topological polar surface area (TPSA) is 71.5 Å². The molecule has 0 atom stereocenters. The van der Waals surface area contributed by atoms with Gasteiger partial charge in [0.25, 0.3) is 11.8 Å². The quantitative estimate of drug-likeness (QED) is 0.168. The van der Waals surface area contributed by atoms with Gasteiger partial charge in [0.15, 0.2) is 5.11 Å². The fourth-order valence-electron chi connectivity index (χ4n) is 3.72. The third-order valence-electron chi connectivity index (χ3n) is 5.39. The molecule has 0 spiro atoms. The minimum absolute atomic E-state index is 0.0180. The van der Waals surface area contributed by atoms with Crippen molar-refractivity contribution in [1.29, 1.82) is 0 Å². The summed E-state index contributed by atoms with van der Waals surface area (Å²) in [6.45, 7) is 0. The number of pyridine rings is 1. The lowest BCUT2D eigenvalue weighted by molar-refractivity contribution is -0.122. The maximum atomic E-state index is 13.4. The molecule has 4 aromatic rings. The van der Waals surface area contributed by atoms with E-state index >= 15 is 0 Å². The Morgan fingerprint density at radius 1 is 0.943 bits per heavy atom. The van der Waals surface area contributed by atoms with Gasteiger partial charge in [-0.2, -0.15) is 0 Å². The molecule has 1 aromatic heterocycles. The van der Waals surface area contributed by atoms with Crippen molar-refractivity contribution in [2.75, 3.05) is 11.2 Å². The van der Waals surface area contributed by atoms with Crippen LogP contribution in [0.3, 0.4) is 0 Å². The van der Waals surface area contributed by atoms with E-state index in [2.05, 4.69) is 10.3 Å². The molecule has 0 unspecified atom stereocenters. The fourth-order valence-corrected chi connectivity index (χ4v) is 4.54. The van der Waals surface area contributed by atoms with Crippen LogP contribution in [0.2, 0.25) is 0 Å². The van der Waals surface area contributed by atoms with Gasteiger partial charge in [-0.15, -0.1) is 11.8 Å². The molecule has 0 bridgehead atoms. The van der Waals surface area contributed by atoms with Crippen LogP contribution in [-0.2, 0) is 9.59 Å². The number of rotatable bonds is 5. The van der Waals surface area contributed by atoms with Crippen molar-refractivity contribution >= 4 is 63.6 Å². The van der Waals surface area contributed by atoms with Gasteiger partial charge in [-0.3, -0.25) is 19.8 Å². The van der Waals surface area contributed by atoms with Gasteiger partial charge in [0.2, 0.25) is 0 Å². The number of aromatic nitrogens is 1. The Balaban J connectivity index is 1.47. The molecular weight excluding hydrogens is 478 g/mol. The van der Waals surface area contributed by atoms with Crippen molar-refractivity contribution in [3.8, 4) is 11.5 Å². The molecule has 0 radical (unpaired) electrons. The van der Waals surface area contributed by atoms with E-state index in [9.17, 15) is 9.59 Å². The molecule has 172 valence electrons. The molecule has 35 heavy (non-hydrogen) atoms. The maximum Gasteiger partial charge on any atom is 0.270 e. The van der Waals surface area contributed by atoms with E-state index < -0.39 is 11.8 Å². The number of carbonyl (C=O) groups excluding carboxylic acids is 2. The monoisotopic (exact) mass is 497 g/mol. The van der Waals surface area contributed by atoms with Gasteiger partial charge < -0.3 is 4.74 Å². The van der Waals surface area contributed by atoms with E-state index in [0.717, 1.165) is 15.9 Å². The van der Waals surface area contributed by atoms with Crippen LogP contribution in [0.1, 0.15) is 5.56 Å². The van der Waals surface area contributed by atoms with E-state index in [4.69, 9.17) is 17.0 Å². The summed E-state index contributed by atoms with van der Waals surface area (Å²) in [5.41, 5.74) is 2.04. The van der Waals surface area contributed by atoms with Crippen LogP contribution in [0.15, 0.2) is 95.5 Å². The Labute approximate surface area is 211 Å². The number of carbonyl (C=O) groups is 2. The average Bonchev–Trinajstić information content (AvgIpc) is 2.87. The van der Waals surface area contributed by atoms with Crippen molar-refractivity contribution in [3.05, 3.63) is 96.1 Å². The molecule has 6 nitrogen and oxygen atoms in total. The predicted octanol–water partition coefficient (Wildman–Crippen LogP) is 5.58. The molecule has 1 fully saturated rings. The number of anilines is 1. The van der Waals surface area contributed by atoms with E-state index in [0.29, 0.717) is 22.7 Å². The third-order valence-corrected chi connectivity index (χ3v) is 6.38. The van der Waals surface area contributed by atoms with Gasteiger partial charge >= 0.3 is 0 Å². The van der Waals surface area contributed by atoms with Crippen molar-refractivity contribution in [2.45, 2.75) is 5.03 Å². The van der Waals surface area contributed by atoms with Crippen LogP contribution < -0.4 is 15.0 Å². The minimum atomic E-state index is -0.541. The van der Waals surface area contributed by atoms with Gasteiger partial charge in [-0.05, 0) is 73.1 Å². The molecule has 1 N–H and O–H groups in total. The second-order valence-corrected chi connectivity index (χ2v) is 8.83. The number of ether oxygens (including phenoxy) is 1. The van der Waals surface area contributed by atoms with Gasteiger partial charge in [-0.1, -0.05) is 36.4 Å². The average molecular weight is 498 g/mol. The van der Waals surface area contributed by atoms with Crippen LogP contribution in [0.25, 0.3) is 17.0 Å². The Hall–Kier alpha value is -4.01. The Bertz CT molecular complexity index is 1490. The maximum absolute atomic E-state index is 13.4. The van der Waals surface area contributed by atoms with E-state index in [1.807, 2.05) is 66.9 Å². The van der Waals surface area contributed by atoms with Crippen LogP contribution in [0, 0.1) is 0 Å². The zero-order valence-electron chi connectivity index (χ0n) is 18.6. The first-order valence-corrected chi connectivity index (χ1v) is 12.3. The number of nitrogens with one attached hydrogen (secondary N) is 1. The van der Waals surface area contributed by atoms with Crippen molar-refractivity contribution in [2.24, 2.45) is 0 Å². The molecule has 5 rings (SSSR count). The molecule has 3 aromatic carbocycles. The van der Waals surface area contributed by atoms with Crippen LogP contribution >= 0.6 is 24.0 Å². The number of fused-ring (bicyclic) bond motifs is 1. The van der Waals surface area contributed by atoms with E-state index in [1.165, 1.54) is 16.7 Å². The first-order valence-electron chi connectivity index (χ1n) is 10.7. The summed E-state index contributed by atoms with van der Waals surface area (Å²) in [5, 5.41) is 4.29. The molecule has 0 saturated carbocycles. The second-order valence-electron chi connectivity index (χ2n) is 7.65. The molecule has 2 heterocycles. The number of thiocarbonyl (C=S) groups is 1. The minimum Gasteiger partial charge on any atom is -0.457 e. The lowest BCUT2D eigenvalue weighted by Gasteiger charge is -2.29. The molecule has 1 aliphatic heterocycles. The van der Waals surface area contributed by atoms with Crippen LogP contribution in [0.5, 0.6) is 11.5 Å². The van der Waals surface area contributed by atoms with Gasteiger partial charge in [0, 0.05) is 10.9 Å². The standard InChI is InChI=1S/C27H19N3O3S2/c1-35-25-18(15-17-7-5-6-10-23(17)28-25)16-22-24(31)29-27(34)30(26(22)32)19-11-13-21(14-12-19)33-20-8-3-2-4-9-20/h2-16H,1H3,(H,29,31,34). The Morgan fingerprint density at radius 3 is 2.37 bits per heavy atom. The first kappa shape index (κ1) is 22.8. The zero-order chi connectivity index (χ0) is 24.4. The number of thioether (sulfide) groups is 1. The fraction of sp³-hybridized carbons (Fsp3) is 0.0370. The third kappa shape index (κ3) is 4.66. The predicted molar refractivity (Wildman–Crippen MR) is 143 cm³/mol. The normalized spacial score (nSPS) is 14.9. The molecule has 2 amide bonds. The molecule has 1 saturated heterocycles. The lowest BCUT2D eigenvalue weighted by Crippen LogP contribution is -2.54. The first-order chi connectivity index (χ1) is 17.0. The van der Waals surface area contributed by atoms with Crippen molar-refractivity contribution < 1.29 is 14.3 Å². The van der Waals surface area contributed by atoms with E-state index in [-0.39, 0.29) is 10.7 Å². The number of para-hydroxylation sites is 2. The number of nitrogens with zero attached hydrogens (tertiary/aromatic N) is 2. The van der Waals surface area contributed by atoms with Crippen molar-refractivity contribution in [1.82, 2.24) is 10.3 Å². The highest BCUT2D eigenvalue weighted by Crippen LogP contribution is 2.29. The highest BCUT2D eigenvalue weighted by molar-refractivity contribution is 7.98. The summed E-state index contributed by atoms with van der Waals surface area (Å²) in [6.07, 6.45) is 3.48. The number of hydrogen-bond donors (Lipinski definition) is 1. The summed E-state index contributed by atoms with van der Waals surface area (Å²) < 4.78 is 5.83. The second kappa shape index (κ2) is 9.69. The molecule has 8 heteroatoms. The largest absolute Gasteiger partial charge is 0.457 e. The highest BCUT2D eigenvalue weighted by Gasteiger charge is 2.34. The molecule has 1 aliphatic rings. The number of hydrogen-bond acceptors (Lipinski definition) is 6. The lowest BCUT2D eigenvalue weighted by atomic mass is 10.1. The van der Waals surface area contributed by atoms with Crippen molar-refractivity contribution in [3.63, 3.8) is 0 Å². The smallest absolute Gasteiger partial charge is 0.270 e. The van der Waals surface area contributed by atoms with Gasteiger partial charge in [0.1, 0.15) is 22.1 Å². The summed E-state index contributed by atoms with van der Waals surface area (Å²) in [6, 6.07) is 26.0. The molecular formula is C27H19N3O3S2. The number of benzene rings is 3. The summed E-state index contributed by atoms with van der Waals surface area (Å²) in [5.74, 6) is 0.272. The van der Waals surface area contributed by atoms with Gasteiger partial charge in [-0.25, -0.2) is 4.98 Å². The van der Waals surface area contributed by atoms with Gasteiger partial charge in [0.05, 0.1) is 11.2 Å². The summed E-state index contributed by atoms with van der Waals surface area (Å²) >= 11 is 6.78. The Kier molecular flexibility index (Phi) is 6.31. The van der Waals surface area contributed by atoms with Crippen LogP contribution in [0.4, 0.5) is 5.69 Å². The summed E-state index contributed by atoms with van der Waals surface area (Å²) in [7, 11) is 0. The zero-order valence-corrected chi connectivity index (χ0v) is 20.2. The van der Waals surface area contributed by atoms with E-state index in [1.54, 1.807) is 30.3 Å². The Morgan fingerprint density at radius 2 is 1.63 bits per heavy atom. The SMILES string of the molecule is CSc1nc2ccccc2cc1C=C1C(=O)NC(=S)N(c2ccc(Oc3ccccc3)cc2)C1=O. The highest BCUT2D eigenvalue weighted by atomic mass is 32.2. The molecule has 0 aliphatic carbocycles. The van der Waals surface area contributed by atoms with Crippen LogP contribution in [-0.4, -0.2) is 28.2 Å². The summed E-state index contributed by atoms with van der Waals surface area (Å²) in [4.78, 5) is 32.2. The number of amides is 2.